The van der Waals surface area contributed by atoms with Crippen LogP contribution in [0.25, 0.3) is 5.76 Å². The van der Waals surface area contributed by atoms with E-state index in [9.17, 15) is 34.8 Å². The molecule has 2 aromatic rings. The smallest absolute Gasteiger partial charge is 0.255 e. The summed E-state index contributed by atoms with van der Waals surface area (Å²) in [5.41, 5.74) is 4.88. The van der Waals surface area contributed by atoms with Gasteiger partial charge in [-0.25, -0.2) is 0 Å². The quantitative estimate of drug-likeness (QED) is 0.300. The molecule has 5 rings (SSSR count). The highest BCUT2D eigenvalue weighted by Gasteiger charge is 2.64. The van der Waals surface area contributed by atoms with Crippen molar-refractivity contribution in [2.75, 3.05) is 33.1 Å². The number of nitrogens with zero attached hydrogens (tertiary/aromatic N) is 2. The van der Waals surface area contributed by atoms with E-state index in [-0.39, 0.29) is 29.7 Å². The number of aromatic hydroxyl groups is 1. The van der Waals surface area contributed by atoms with Crippen LogP contribution in [0.3, 0.4) is 0 Å². The molecule has 3 aliphatic carbocycles. The highest BCUT2D eigenvalue weighted by Crippen LogP contribution is 2.54. The summed E-state index contributed by atoms with van der Waals surface area (Å²) in [6.07, 6.45) is 2.04. The van der Waals surface area contributed by atoms with E-state index < -0.39 is 58.0 Å². The summed E-state index contributed by atoms with van der Waals surface area (Å²) in [4.78, 5) is 42.9. The van der Waals surface area contributed by atoms with E-state index in [2.05, 4.69) is 0 Å². The number of phenolic OH excluding ortho intramolecular Hbond substituents is 1. The summed E-state index contributed by atoms with van der Waals surface area (Å²) < 4.78 is 5.78. The molecule has 1 aromatic heterocycles. The Bertz CT molecular complexity index is 1590. The number of primary amides is 1. The van der Waals surface area contributed by atoms with Gasteiger partial charge in [0.2, 0.25) is 5.78 Å². The number of aliphatic hydroxyl groups excluding tert-OH is 2. The molecule has 0 saturated heterocycles. The van der Waals surface area contributed by atoms with Gasteiger partial charge in [-0.05, 0) is 88.4 Å². The number of ketones is 2. The van der Waals surface area contributed by atoms with Gasteiger partial charge in [0, 0.05) is 37.7 Å². The molecule has 0 radical (unpaired) electrons. The fourth-order valence-electron chi connectivity index (χ4n) is 7.16. The Morgan fingerprint density at radius 3 is 2.33 bits per heavy atom. The predicted molar refractivity (Wildman–Crippen MR) is 159 cm³/mol. The number of hydrogen-bond acceptors (Lipinski definition) is 10. The summed E-state index contributed by atoms with van der Waals surface area (Å²) in [7, 11) is 6.85. The second kappa shape index (κ2) is 10.6. The lowest BCUT2D eigenvalue weighted by molar-refractivity contribution is -0.153. The molecule has 1 fully saturated rings. The van der Waals surface area contributed by atoms with Crippen LogP contribution in [0.4, 0.5) is 5.69 Å². The third-order valence-corrected chi connectivity index (χ3v) is 9.34. The van der Waals surface area contributed by atoms with Crippen molar-refractivity contribution in [2.45, 2.75) is 57.6 Å². The number of likely N-dealkylation sites (N-methyl/N-ethyl adjacent to an activating group) is 1. The van der Waals surface area contributed by atoms with Crippen LogP contribution in [0.15, 0.2) is 33.5 Å². The lowest BCUT2D eigenvalue weighted by atomic mass is 9.57. The molecule has 11 nitrogen and oxygen atoms in total. The van der Waals surface area contributed by atoms with Gasteiger partial charge < -0.3 is 35.5 Å². The van der Waals surface area contributed by atoms with Crippen LogP contribution in [-0.2, 0) is 33.6 Å². The first-order chi connectivity index (χ1) is 20.1. The second-order valence-electron chi connectivity index (χ2n) is 12.4. The number of carbonyl (C=O) groups is 3. The predicted octanol–water partition coefficient (Wildman–Crippen LogP) is 2.42. The zero-order valence-electron chi connectivity index (χ0n) is 25.3. The number of phenols is 1. The van der Waals surface area contributed by atoms with Crippen molar-refractivity contribution in [3.05, 3.63) is 62.8 Å². The van der Waals surface area contributed by atoms with E-state index in [0.717, 1.165) is 22.8 Å². The summed E-state index contributed by atoms with van der Waals surface area (Å²) in [6, 6.07) is 2.75. The lowest BCUT2D eigenvalue weighted by Gasteiger charge is -2.50. The van der Waals surface area contributed by atoms with E-state index in [1.165, 1.54) is 4.90 Å². The molecule has 0 bridgehead atoms. The van der Waals surface area contributed by atoms with E-state index in [1.807, 2.05) is 45.0 Å². The third-order valence-electron chi connectivity index (χ3n) is 9.34. The molecular weight excluding hydrogens is 554 g/mol. The summed E-state index contributed by atoms with van der Waals surface area (Å²) in [6.45, 7) is 3.88. The van der Waals surface area contributed by atoms with Crippen molar-refractivity contribution in [3.8, 4) is 5.75 Å². The number of rotatable bonds is 7. The molecule has 1 saturated carbocycles. The highest BCUT2D eigenvalue weighted by molar-refractivity contribution is 6.24. The maximum absolute atomic E-state index is 14.1. The van der Waals surface area contributed by atoms with Crippen molar-refractivity contribution in [3.63, 3.8) is 0 Å². The molecule has 0 aliphatic heterocycles. The summed E-state index contributed by atoms with van der Waals surface area (Å²) in [5.74, 6) is -4.86. The second-order valence-corrected chi connectivity index (χ2v) is 12.4. The van der Waals surface area contributed by atoms with Crippen LogP contribution in [0, 0.1) is 25.7 Å². The number of anilines is 1. The number of aliphatic hydroxyl groups is 3. The van der Waals surface area contributed by atoms with Crippen LogP contribution >= 0.6 is 0 Å². The van der Waals surface area contributed by atoms with Crippen molar-refractivity contribution in [1.29, 1.82) is 0 Å². The Morgan fingerprint density at radius 1 is 1.09 bits per heavy atom. The fourth-order valence-corrected chi connectivity index (χ4v) is 7.16. The Hall–Kier alpha value is -4.09. The first kappa shape index (κ1) is 30.4. The van der Waals surface area contributed by atoms with Gasteiger partial charge in [-0.1, -0.05) is 0 Å². The number of benzene rings is 1. The molecular formula is C32H39N3O8. The molecule has 11 heteroatoms. The topological polar surface area (TPSA) is 178 Å². The minimum absolute atomic E-state index is 0.0448. The van der Waals surface area contributed by atoms with Gasteiger partial charge in [0.15, 0.2) is 11.4 Å². The van der Waals surface area contributed by atoms with Gasteiger partial charge in [-0.15, -0.1) is 0 Å². The molecule has 6 N–H and O–H groups in total. The molecule has 230 valence electrons. The minimum Gasteiger partial charge on any atom is -0.508 e. The molecule has 1 heterocycles. The van der Waals surface area contributed by atoms with E-state index in [0.29, 0.717) is 30.4 Å². The maximum Gasteiger partial charge on any atom is 0.255 e. The SMILES string of the molecule is Cc1cc(CCCc2cc(N(C)C)c3c(c2O)C(O)=C2C(=O)[C@]4(O)C(O)=C(C(N)=O)C(=O)[C@@H](N(C)C)C4CC2C3)oc1C. The van der Waals surface area contributed by atoms with Crippen molar-refractivity contribution in [2.24, 2.45) is 17.6 Å². The number of fused-ring (bicyclic) bond motifs is 3. The Labute approximate surface area is 249 Å². The zero-order valence-corrected chi connectivity index (χ0v) is 25.3. The van der Waals surface area contributed by atoms with E-state index in [4.69, 9.17) is 10.2 Å². The molecule has 2 unspecified atom stereocenters. The number of nitrogens with two attached hydrogens (primary N) is 1. The van der Waals surface area contributed by atoms with E-state index in [1.54, 1.807) is 14.1 Å². The average Bonchev–Trinajstić information content (AvgIpc) is 3.23. The standard InChI is InChI=1S/C32H39N3O8/c1-14-10-18(43-15(14)2)9-7-8-16-13-21(34(3)4)19-11-17-12-20-25(35(5)6)28(38)24(31(33)41)30(40)32(20,42)29(39)22(17)27(37)23(19)26(16)36/h10,13,17,20,25,36-37,40,42H,7-9,11-12H2,1-6H3,(H2,33,41)/t17?,20?,25-,32-/m0/s1. The van der Waals surface area contributed by atoms with Gasteiger partial charge in [-0.2, -0.15) is 0 Å². The summed E-state index contributed by atoms with van der Waals surface area (Å²) >= 11 is 0. The molecule has 4 atom stereocenters. The Morgan fingerprint density at radius 2 is 1.77 bits per heavy atom. The average molecular weight is 594 g/mol. The Balaban J connectivity index is 1.61. The van der Waals surface area contributed by atoms with Crippen LogP contribution < -0.4 is 10.6 Å². The minimum atomic E-state index is -2.67. The van der Waals surface area contributed by atoms with E-state index >= 15 is 0 Å². The number of furan rings is 1. The lowest BCUT2D eigenvalue weighted by Crippen LogP contribution is -2.65. The number of Topliss-reactive ketones (excluding diaryl/α,β-unsaturated/α-hetero) is 2. The van der Waals surface area contributed by atoms with Crippen molar-refractivity contribution in [1.82, 2.24) is 4.90 Å². The maximum atomic E-state index is 14.1. The highest BCUT2D eigenvalue weighted by atomic mass is 16.4. The van der Waals surface area contributed by atoms with Crippen LogP contribution in [0.2, 0.25) is 0 Å². The van der Waals surface area contributed by atoms with Crippen LogP contribution in [0.1, 0.15) is 46.6 Å². The van der Waals surface area contributed by atoms with Gasteiger partial charge in [0.25, 0.3) is 5.91 Å². The van der Waals surface area contributed by atoms with Crippen molar-refractivity contribution < 1.29 is 39.2 Å². The fraction of sp³-hybridized carbons (Fsp3) is 0.469. The van der Waals surface area contributed by atoms with Crippen molar-refractivity contribution >= 4 is 28.9 Å². The van der Waals surface area contributed by atoms with Gasteiger partial charge in [0.05, 0.1) is 11.6 Å². The molecule has 1 aromatic carbocycles. The molecule has 0 spiro atoms. The normalized spacial score (nSPS) is 25.2. The van der Waals surface area contributed by atoms with Crippen LogP contribution in [0.5, 0.6) is 5.75 Å². The largest absolute Gasteiger partial charge is 0.508 e. The number of hydrogen-bond donors (Lipinski definition) is 5. The first-order valence-electron chi connectivity index (χ1n) is 14.4. The monoisotopic (exact) mass is 593 g/mol. The summed E-state index contributed by atoms with van der Waals surface area (Å²) in [5, 5.41) is 46.0. The number of aryl methyl sites for hydroxylation is 4. The first-order valence-corrected chi connectivity index (χ1v) is 14.4. The third kappa shape index (κ3) is 4.53. The van der Waals surface area contributed by atoms with Gasteiger partial charge in [0.1, 0.15) is 34.4 Å². The molecule has 3 aliphatic rings. The van der Waals surface area contributed by atoms with Crippen LogP contribution in [-0.4, -0.2) is 82.6 Å². The van der Waals surface area contributed by atoms with Gasteiger partial charge in [-0.3, -0.25) is 19.3 Å². The molecule has 1 amide bonds. The number of carbonyl (C=O) groups excluding carboxylic acids is 3. The number of amides is 1. The van der Waals surface area contributed by atoms with Gasteiger partial charge >= 0.3 is 0 Å². The zero-order chi connectivity index (χ0) is 31.7. The Kier molecular flexibility index (Phi) is 7.46. The molecule has 43 heavy (non-hydrogen) atoms.